The van der Waals surface area contributed by atoms with Crippen molar-refractivity contribution in [3.05, 3.63) is 191 Å². The van der Waals surface area contributed by atoms with Crippen LogP contribution in [0.3, 0.4) is 0 Å². The predicted octanol–water partition coefficient (Wildman–Crippen LogP) is 18.9. The van der Waals surface area contributed by atoms with Crippen molar-refractivity contribution in [3.8, 4) is 0 Å². The Morgan fingerprint density at radius 1 is 0.440 bits per heavy atom. The zero-order valence-corrected chi connectivity index (χ0v) is 75.8. The zero-order valence-electron chi connectivity index (χ0n) is 63.5. The van der Waals surface area contributed by atoms with Crippen molar-refractivity contribution in [2.24, 2.45) is 30.0 Å². The fraction of sp³-hybridized carbons (Fsp3) is 0.360. The number of ether oxygens (including phenoxy) is 2. The monoisotopic (exact) mass is 1840 g/mol. The minimum atomic E-state index is -0.421. The average Bonchev–Trinajstić information content (AvgIpc) is 1.70. The Balaban J connectivity index is 0.000000148. The van der Waals surface area contributed by atoms with Gasteiger partial charge in [0.15, 0.2) is 28.6 Å². The molecule has 15 rings (SSSR count). The van der Waals surface area contributed by atoms with E-state index in [1.54, 1.807) is 65.7 Å². The van der Waals surface area contributed by atoms with E-state index in [1.807, 2.05) is 57.2 Å². The molecule has 1 saturated heterocycles. The lowest BCUT2D eigenvalue weighted by molar-refractivity contribution is -0.154. The van der Waals surface area contributed by atoms with Crippen LogP contribution in [-0.4, -0.2) is 180 Å². The molecule has 0 amide bonds. The van der Waals surface area contributed by atoms with Gasteiger partial charge in [-0.25, -0.2) is 30.0 Å². The maximum atomic E-state index is 11.8. The van der Waals surface area contributed by atoms with Crippen LogP contribution in [0.15, 0.2) is 117 Å². The number of hydrogen-bond donors (Lipinski definition) is 12. The number of nitrogens with zero attached hydrogens (tertiary/aromatic N) is 7. The van der Waals surface area contributed by atoms with E-state index in [0.29, 0.717) is 116 Å². The summed E-state index contributed by atoms with van der Waals surface area (Å²) in [6, 6.07) is 20.4. The van der Waals surface area contributed by atoms with Crippen molar-refractivity contribution in [1.29, 1.82) is 0 Å². The van der Waals surface area contributed by atoms with Crippen molar-refractivity contribution < 1.29 is 19.1 Å². The molecule has 8 aromatic rings. The summed E-state index contributed by atoms with van der Waals surface area (Å²) in [6.45, 7) is 14.1. The minimum absolute atomic E-state index is 0.121. The second kappa shape index (κ2) is 45.4. The van der Waals surface area contributed by atoms with Crippen LogP contribution in [0, 0.1) is 42.5 Å². The van der Waals surface area contributed by atoms with Crippen LogP contribution in [0.4, 0.5) is 34.9 Å². The molecule has 0 aliphatic carbocycles. The lowest BCUT2D eigenvalue weighted by Crippen LogP contribution is -2.37. The molecule has 0 radical (unpaired) electrons. The van der Waals surface area contributed by atoms with Crippen molar-refractivity contribution in [1.82, 2.24) is 64.7 Å². The largest absolute Gasteiger partial charge is 0.460 e. The number of rotatable bonds is 18. The molecule has 1 fully saturated rings. The summed E-state index contributed by atoms with van der Waals surface area (Å²) in [5.74, 6) is 9.46. The van der Waals surface area contributed by atoms with Gasteiger partial charge in [-0.15, -0.1) is 70.6 Å². The summed E-state index contributed by atoms with van der Waals surface area (Å²) >= 11 is 55.7. The highest BCUT2D eigenvalue weighted by Crippen LogP contribution is 2.33. The molecule has 0 bridgehead atoms. The van der Waals surface area contributed by atoms with Crippen LogP contribution in [0.5, 0.6) is 0 Å². The molecule has 7 aliphatic rings. The highest BCUT2D eigenvalue weighted by molar-refractivity contribution is 8.15. The molecule has 0 atom stereocenters. The summed E-state index contributed by atoms with van der Waals surface area (Å²) in [5.41, 5.74) is 6.57. The van der Waals surface area contributed by atoms with E-state index in [1.165, 1.54) is 22.9 Å². The zero-order chi connectivity index (χ0) is 82.8. The van der Waals surface area contributed by atoms with Crippen LogP contribution in [0.2, 0.25) is 0 Å². The first kappa shape index (κ1) is 91.3. The Morgan fingerprint density at radius 3 is 1.13 bits per heavy atom. The molecule has 41 heteroatoms. The van der Waals surface area contributed by atoms with E-state index in [0.717, 1.165) is 152 Å². The van der Waals surface area contributed by atoms with Crippen LogP contribution < -0.4 is 16.7 Å². The number of ketones is 1. The van der Waals surface area contributed by atoms with Gasteiger partial charge in [-0.05, 0) is 136 Å². The Labute approximate surface area is 738 Å². The van der Waals surface area contributed by atoms with Gasteiger partial charge in [0.1, 0.15) is 60.2 Å². The molecule has 0 saturated carbocycles. The number of fused-ring (bicyclic) bond motifs is 6. The summed E-state index contributed by atoms with van der Waals surface area (Å²) in [6.07, 6.45) is 15.3. The van der Waals surface area contributed by atoms with Gasteiger partial charge in [0.2, 0.25) is 0 Å². The molecule has 0 unspecified atom stereocenters. The fourth-order valence-electron chi connectivity index (χ4n) is 11.2. The summed E-state index contributed by atoms with van der Waals surface area (Å²) in [7, 11) is 0. The normalized spacial score (nSPS) is 14.5. The smallest absolute Gasteiger partial charge is 0.306 e. The fourth-order valence-corrected chi connectivity index (χ4v) is 18.7. The van der Waals surface area contributed by atoms with Gasteiger partial charge >= 0.3 is 5.97 Å². The summed E-state index contributed by atoms with van der Waals surface area (Å²) < 4.78 is 15.2. The van der Waals surface area contributed by atoms with E-state index in [2.05, 4.69) is 150 Å². The van der Waals surface area contributed by atoms with Crippen LogP contribution >= 0.6 is 181 Å². The van der Waals surface area contributed by atoms with Gasteiger partial charge in [-0.1, -0.05) is 129 Å². The molecule has 0 spiro atoms. The number of aromatic amines is 12. The van der Waals surface area contributed by atoms with Crippen molar-refractivity contribution in [2.75, 3.05) is 67.4 Å². The standard InChI is InChI=1S/C15H13N3OS2.C15H13N3S3.C14H19N3O2S3.C12H16N4OS3.C10H11N3O2S2.C9H11N3OS2/c2*19-14-11-9-12(16-13(11)17-15(20)18-14)21-8-4-7-10-5-2-1-3-6-10;1-14(2,3)19-10(18)5-4-6-22-9-7-8-11(15-9)16-13(21)17-12(8)20;18-11-8-7-9(13-10(8)14-12(19)15-11)20-6-3-16-1-4-17-5-2-16;1-5(14)2-3-17-7-4-6-8(11-7)12-10(16)13-9(6)15;1-2-3-15-6-4-5-7(10-6)11-9(14)12-8(5)13/h2*1-7H,8-9H2,(H2,17,18,19,20);4-7H2,1-3H3,(H2,16,17,20,21);1-7H2,(H2,14,15,18,19);2-4H2,1H3,(H2,12,13,15,16);2-4H2,1H3,(H2,11,12,13,14)/b2*7-4+;;;;. The molecule has 12 N–H and O–H groups in total. The number of nitrogens with one attached hydrogen (secondary N) is 12. The van der Waals surface area contributed by atoms with Crippen LogP contribution in [0.25, 0.3) is 12.2 Å². The van der Waals surface area contributed by atoms with Crippen LogP contribution in [0.1, 0.15) is 105 Å². The van der Waals surface area contributed by atoms with E-state index < -0.39 is 5.60 Å². The van der Waals surface area contributed by atoms with Crippen molar-refractivity contribution in [3.63, 3.8) is 0 Å². The minimum Gasteiger partial charge on any atom is -0.460 e. The first-order chi connectivity index (χ1) is 55.7. The van der Waals surface area contributed by atoms with Gasteiger partial charge in [-0.3, -0.25) is 43.8 Å². The van der Waals surface area contributed by atoms with E-state index >= 15 is 0 Å². The highest BCUT2D eigenvalue weighted by Gasteiger charge is 2.25. The third kappa shape index (κ3) is 29.2. The quantitative estimate of drug-likeness (QED) is 0.0216. The number of thioether (sulfide) groups is 6. The molecule has 610 valence electrons. The Hall–Kier alpha value is -7.04. The molecule has 26 nitrogen and oxygen atoms in total. The molecule has 7 aliphatic heterocycles. The topological polar surface area (TPSA) is 371 Å². The van der Waals surface area contributed by atoms with E-state index in [9.17, 15) is 24.0 Å². The number of Topliss-reactive ketones (excluding diaryl/α,β-unsaturated/α-hetero) is 1. The number of carbonyl (C=O) groups is 2. The van der Waals surface area contributed by atoms with E-state index in [4.69, 9.17) is 119 Å². The third-order valence-corrected chi connectivity index (χ3v) is 24.9. The number of carbonyl (C=O) groups excluding carboxylic acids is 2. The second-order valence-electron chi connectivity index (χ2n) is 26.7. The first-order valence-electron chi connectivity index (χ1n) is 36.5. The summed E-state index contributed by atoms with van der Waals surface area (Å²) in [4.78, 5) is 121. The Morgan fingerprint density at radius 2 is 0.767 bits per heavy atom. The predicted molar refractivity (Wildman–Crippen MR) is 506 cm³/mol. The number of aromatic nitrogens is 12. The molecule has 116 heavy (non-hydrogen) atoms. The van der Waals surface area contributed by atoms with Gasteiger partial charge in [0.25, 0.3) is 16.7 Å². The third-order valence-electron chi connectivity index (χ3n) is 16.6. The lowest BCUT2D eigenvalue weighted by Gasteiger charge is -2.26. The SMILES string of the molecule is CC(=O)CCSC1=Nc2[nH]c(=S)[nH]c(=O)c2C1.CC(C)(C)OC(=O)CCCSC1=Nc2[nH]c(=S)[nH]c(=S)c2C1.CCCSC1=Nc2[nH]c(=S)[nH]c(=O)c2C1.O=c1[nH]c(=S)[nH]c2c1CC(SC/C=C/c1ccccc1)=N2.S=c1[nH]c2c(c(=S)[nH]1)CC(SC/C=C/c1ccccc1)=N2.S=c1[nH]c2c(c(=S)[nH]1)CC(SCCN1CCOCC1)=N2. The van der Waals surface area contributed by atoms with Crippen molar-refractivity contribution >= 4 is 270 Å². The number of hydrogen-bond acceptors (Lipinski definition) is 29. The first-order valence-corrected chi connectivity index (χ1v) is 46.1. The number of H-pyrrole nitrogens is 12. The maximum Gasteiger partial charge on any atom is 0.306 e. The number of morpholine rings is 1. The second-order valence-corrected chi connectivity index (χ2v) is 37.3. The molecule has 6 aromatic heterocycles. The Bertz CT molecular complexity index is 5810. The van der Waals surface area contributed by atoms with Gasteiger partial charge < -0.3 is 54.3 Å². The molecular weight excluding hydrogens is 1760 g/mol. The number of esters is 1. The number of aliphatic imine (C=N–C) groups is 6. The summed E-state index contributed by atoms with van der Waals surface area (Å²) in [5, 5.41) is 5.96. The Kier molecular flexibility index (Phi) is 35.7. The maximum absolute atomic E-state index is 11.8. The molecule has 13 heterocycles. The van der Waals surface area contributed by atoms with Crippen molar-refractivity contribution in [2.45, 2.75) is 104 Å². The lowest BCUT2D eigenvalue weighted by atomic mass is 10.2. The van der Waals surface area contributed by atoms with E-state index in [-0.39, 0.29) is 33.2 Å². The molecule has 2 aromatic carbocycles. The number of benzene rings is 2. The van der Waals surface area contributed by atoms with Gasteiger partial charge in [-0.2, -0.15) is 0 Å². The highest BCUT2D eigenvalue weighted by atomic mass is 32.2. The van der Waals surface area contributed by atoms with Gasteiger partial charge in [0.05, 0.1) is 60.2 Å². The average molecular weight is 1840 g/mol. The molecular formula is C75H83N19O7S15. The van der Waals surface area contributed by atoms with Gasteiger partial charge in [0, 0.05) is 111 Å². The van der Waals surface area contributed by atoms with Crippen LogP contribution in [-0.2, 0) is 57.6 Å².